The first-order valence-electron chi connectivity index (χ1n) is 6.38. The quantitative estimate of drug-likeness (QED) is 0.834. The van der Waals surface area contributed by atoms with Crippen LogP contribution in [0.5, 0.6) is 5.75 Å². The summed E-state index contributed by atoms with van der Waals surface area (Å²) in [7, 11) is 1.25. The van der Waals surface area contributed by atoms with Crippen LogP contribution in [-0.2, 0) is 6.18 Å². The van der Waals surface area contributed by atoms with Gasteiger partial charge in [0.05, 0.1) is 18.2 Å². The third-order valence-electron chi connectivity index (χ3n) is 3.05. The summed E-state index contributed by atoms with van der Waals surface area (Å²) in [5, 5.41) is 2.74. The Morgan fingerprint density at radius 3 is 2.48 bits per heavy atom. The number of alkyl halides is 3. The second kappa shape index (κ2) is 7.06. The van der Waals surface area contributed by atoms with Gasteiger partial charge >= 0.3 is 6.18 Å². The minimum absolute atomic E-state index is 0.0702. The molecule has 1 aromatic rings. The van der Waals surface area contributed by atoms with E-state index in [0.29, 0.717) is 0 Å². The Kier molecular flexibility index (Phi) is 5.95. The lowest BCUT2D eigenvalue weighted by Crippen LogP contribution is -2.32. The van der Waals surface area contributed by atoms with Gasteiger partial charge < -0.3 is 10.1 Å². The van der Waals surface area contributed by atoms with Crippen molar-refractivity contribution in [3.8, 4) is 5.75 Å². The van der Waals surface area contributed by atoms with Crippen molar-refractivity contribution in [3.05, 3.63) is 23.3 Å². The second-order valence-corrected chi connectivity index (χ2v) is 5.38. The monoisotopic (exact) mass is 321 g/mol. The summed E-state index contributed by atoms with van der Waals surface area (Å²) < 4.78 is 43.5. The average molecular weight is 321 g/mol. The van der Waals surface area contributed by atoms with Gasteiger partial charge in [-0.25, -0.2) is 0 Å². The molecule has 0 fully saturated rings. The van der Waals surface area contributed by atoms with E-state index in [1.165, 1.54) is 7.11 Å². The van der Waals surface area contributed by atoms with Gasteiger partial charge in [-0.05, 0) is 31.7 Å². The Bertz CT molecular complexity index is 492. The van der Waals surface area contributed by atoms with Gasteiger partial charge in [-0.1, -0.05) is 6.92 Å². The zero-order valence-corrected chi connectivity index (χ0v) is 13.1. The number of carbonyl (C=O) groups is 1. The summed E-state index contributed by atoms with van der Waals surface area (Å²) in [6.45, 7) is 3.73. The lowest BCUT2D eigenvalue weighted by molar-refractivity contribution is -0.137. The van der Waals surface area contributed by atoms with Gasteiger partial charge in [0, 0.05) is 10.9 Å². The van der Waals surface area contributed by atoms with Crippen molar-refractivity contribution in [2.45, 2.75) is 37.4 Å². The number of hydrogen-bond donors (Lipinski definition) is 1. The predicted octanol–water partition coefficient (Wildman–Crippen LogP) is 3.96. The molecule has 1 N–H and O–H groups in total. The molecule has 3 nitrogen and oxygen atoms in total. The van der Waals surface area contributed by atoms with Crippen molar-refractivity contribution in [2.24, 2.45) is 0 Å². The molecule has 1 aromatic carbocycles. The molecule has 1 atom stereocenters. The van der Waals surface area contributed by atoms with Crippen LogP contribution in [0, 0.1) is 0 Å². The molecule has 0 aromatic heterocycles. The molecule has 0 heterocycles. The van der Waals surface area contributed by atoms with Crippen LogP contribution in [0.1, 0.15) is 36.2 Å². The molecule has 1 rings (SSSR count). The van der Waals surface area contributed by atoms with E-state index in [1.807, 2.05) is 13.8 Å². The van der Waals surface area contributed by atoms with Crippen molar-refractivity contribution in [1.82, 2.24) is 5.32 Å². The zero-order chi connectivity index (χ0) is 16.2. The highest BCUT2D eigenvalue weighted by Gasteiger charge is 2.33. The van der Waals surface area contributed by atoms with E-state index in [4.69, 9.17) is 4.74 Å². The van der Waals surface area contributed by atoms with Crippen LogP contribution in [0.15, 0.2) is 17.0 Å². The van der Waals surface area contributed by atoms with Gasteiger partial charge in [0.15, 0.2) is 0 Å². The molecule has 0 aliphatic rings. The molecule has 0 bridgehead atoms. The van der Waals surface area contributed by atoms with E-state index in [9.17, 15) is 18.0 Å². The van der Waals surface area contributed by atoms with Crippen molar-refractivity contribution >= 4 is 17.7 Å². The number of thioether (sulfide) groups is 1. The Morgan fingerprint density at radius 2 is 2.05 bits per heavy atom. The van der Waals surface area contributed by atoms with Crippen molar-refractivity contribution in [3.63, 3.8) is 0 Å². The smallest absolute Gasteiger partial charge is 0.416 e. The molecule has 0 radical (unpaired) electrons. The number of carbonyl (C=O) groups excluding carboxylic acids is 1. The van der Waals surface area contributed by atoms with Crippen LogP contribution in [0.4, 0.5) is 13.2 Å². The highest BCUT2D eigenvalue weighted by Crippen LogP contribution is 2.38. The third-order valence-corrected chi connectivity index (χ3v) is 3.81. The van der Waals surface area contributed by atoms with Gasteiger partial charge in [-0.2, -0.15) is 13.2 Å². The van der Waals surface area contributed by atoms with Gasteiger partial charge in [-0.3, -0.25) is 4.79 Å². The number of ether oxygens (including phenoxy) is 1. The number of benzene rings is 1. The fourth-order valence-electron chi connectivity index (χ4n) is 1.70. The lowest BCUT2D eigenvalue weighted by Gasteiger charge is -2.18. The first-order valence-corrected chi connectivity index (χ1v) is 7.61. The summed E-state index contributed by atoms with van der Waals surface area (Å²) in [6, 6.07) is 1.75. The number of rotatable bonds is 5. The Balaban J connectivity index is 3.34. The molecule has 21 heavy (non-hydrogen) atoms. The summed E-state index contributed by atoms with van der Waals surface area (Å²) >= 11 is 1.08. The Morgan fingerprint density at radius 1 is 1.43 bits per heavy atom. The Labute approximate surface area is 126 Å². The van der Waals surface area contributed by atoms with Crippen molar-refractivity contribution in [1.29, 1.82) is 0 Å². The largest absolute Gasteiger partial charge is 0.496 e. The van der Waals surface area contributed by atoms with E-state index < -0.39 is 17.6 Å². The van der Waals surface area contributed by atoms with Crippen LogP contribution in [-0.4, -0.2) is 25.3 Å². The molecule has 0 unspecified atom stereocenters. The van der Waals surface area contributed by atoms with Crippen molar-refractivity contribution < 1.29 is 22.7 Å². The highest BCUT2D eigenvalue weighted by molar-refractivity contribution is 7.98. The maximum absolute atomic E-state index is 12.9. The highest BCUT2D eigenvalue weighted by atomic mass is 32.2. The molecule has 0 saturated carbocycles. The molecular weight excluding hydrogens is 303 g/mol. The van der Waals surface area contributed by atoms with Crippen molar-refractivity contribution in [2.75, 3.05) is 13.4 Å². The lowest BCUT2D eigenvalue weighted by atomic mass is 10.1. The molecule has 0 spiro atoms. The summed E-state index contributed by atoms with van der Waals surface area (Å²) in [4.78, 5) is 12.5. The number of nitrogens with one attached hydrogen (secondary N) is 1. The van der Waals surface area contributed by atoms with E-state index in [0.717, 1.165) is 30.3 Å². The third kappa shape index (κ3) is 4.30. The van der Waals surface area contributed by atoms with Gasteiger partial charge in [0.25, 0.3) is 5.91 Å². The fraction of sp³-hybridized carbons (Fsp3) is 0.500. The van der Waals surface area contributed by atoms with Crippen LogP contribution >= 0.6 is 11.8 Å². The zero-order valence-electron chi connectivity index (χ0n) is 12.3. The molecule has 0 saturated heterocycles. The van der Waals surface area contributed by atoms with E-state index in [1.54, 1.807) is 6.26 Å². The molecule has 7 heteroatoms. The molecule has 1 amide bonds. The van der Waals surface area contributed by atoms with Gasteiger partial charge in [0.1, 0.15) is 5.75 Å². The SMILES string of the molecule is CC[C@@H](C)NC(=O)c1c(OC)cc(C(F)(F)F)cc1SC. The molecule has 118 valence electrons. The molecule has 0 aliphatic heterocycles. The topological polar surface area (TPSA) is 38.3 Å². The number of methoxy groups -OCH3 is 1. The van der Waals surface area contributed by atoms with E-state index in [-0.39, 0.29) is 22.3 Å². The van der Waals surface area contributed by atoms with E-state index in [2.05, 4.69) is 5.32 Å². The summed E-state index contributed by atoms with van der Waals surface area (Å²) in [5.74, 6) is -0.505. The van der Waals surface area contributed by atoms with Crippen LogP contribution in [0.3, 0.4) is 0 Å². The average Bonchev–Trinajstić information content (AvgIpc) is 2.44. The minimum Gasteiger partial charge on any atom is -0.496 e. The number of halogens is 3. The normalized spacial score (nSPS) is 12.9. The molecule has 0 aliphatic carbocycles. The first-order chi connectivity index (χ1) is 9.74. The summed E-state index contributed by atoms with van der Waals surface area (Å²) in [5.41, 5.74) is -0.693. The fourth-order valence-corrected chi connectivity index (χ4v) is 2.34. The van der Waals surface area contributed by atoms with Crippen LogP contribution in [0.25, 0.3) is 0 Å². The van der Waals surface area contributed by atoms with Gasteiger partial charge in [0.2, 0.25) is 0 Å². The molecular formula is C14H18F3NO2S. The maximum atomic E-state index is 12.9. The van der Waals surface area contributed by atoms with Crippen LogP contribution in [0.2, 0.25) is 0 Å². The number of amides is 1. The second-order valence-electron chi connectivity index (χ2n) is 4.54. The first kappa shape index (κ1) is 17.7. The van der Waals surface area contributed by atoms with Gasteiger partial charge in [-0.15, -0.1) is 11.8 Å². The minimum atomic E-state index is -4.48. The predicted molar refractivity (Wildman–Crippen MR) is 77.0 cm³/mol. The number of hydrogen-bond acceptors (Lipinski definition) is 3. The summed E-state index contributed by atoms with van der Waals surface area (Å²) in [6.07, 6.45) is -2.14. The Hall–Kier alpha value is -1.37. The standard InChI is InChI=1S/C14H18F3NO2S/c1-5-8(2)18-13(19)12-10(20-3)6-9(14(15,16)17)7-11(12)21-4/h6-8H,5H2,1-4H3,(H,18,19)/t8-/m1/s1. The van der Waals surface area contributed by atoms with Crippen LogP contribution < -0.4 is 10.1 Å². The van der Waals surface area contributed by atoms with E-state index >= 15 is 0 Å². The maximum Gasteiger partial charge on any atom is 0.416 e.